The van der Waals surface area contributed by atoms with Crippen LogP contribution in [0.15, 0.2) is 6.33 Å². The van der Waals surface area contributed by atoms with Gasteiger partial charge in [-0.2, -0.15) is 0 Å². The molecule has 3 rings (SSSR count). The largest absolute Gasteiger partial charge is 0.379 e. The average molecular weight is 310 g/mol. The highest BCUT2D eigenvalue weighted by Crippen LogP contribution is 2.15. The van der Waals surface area contributed by atoms with E-state index in [1.165, 1.54) is 0 Å². The van der Waals surface area contributed by atoms with Crippen molar-refractivity contribution in [2.75, 3.05) is 39.5 Å². The van der Waals surface area contributed by atoms with Gasteiger partial charge >= 0.3 is 0 Å². The summed E-state index contributed by atoms with van der Waals surface area (Å²) in [5.74, 6) is 0.0573. The molecule has 1 aromatic heterocycles. The number of nitrogens with zero attached hydrogens (tertiary/aromatic N) is 5. The van der Waals surface area contributed by atoms with Crippen molar-refractivity contribution >= 4 is 5.91 Å². The van der Waals surface area contributed by atoms with E-state index in [0.717, 1.165) is 26.3 Å². The highest BCUT2D eigenvalue weighted by molar-refractivity contribution is 5.76. The van der Waals surface area contributed by atoms with Gasteiger partial charge in [0, 0.05) is 26.1 Å². The zero-order chi connectivity index (χ0) is 15.2. The molecular formula is C13H22N6O3. The third kappa shape index (κ3) is 3.99. The lowest BCUT2D eigenvalue weighted by atomic mass is 10.1. The van der Waals surface area contributed by atoms with Gasteiger partial charge in [-0.15, -0.1) is 5.10 Å². The Labute approximate surface area is 128 Å². The lowest BCUT2D eigenvalue weighted by Crippen LogP contribution is -2.54. The Kier molecular flexibility index (Phi) is 5.30. The number of hydrogen-bond donors (Lipinski definition) is 1. The Morgan fingerprint density at radius 1 is 1.27 bits per heavy atom. The normalized spacial score (nSPS) is 26.2. The number of rotatable bonds is 6. The van der Waals surface area contributed by atoms with E-state index in [9.17, 15) is 4.79 Å². The number of amides is 1. The molecule has 9 nitrogen and oxygen atoms in total. The molecule has 9 heteroatoms. The maximum Gasteiger partial charge on any atom is 0.220 e. The van der Waals surface area contributed by atoms with Crippen LogP contribution in [0.5, 0.6) is 0 Å². The van der Waals surface area contributed by atoms with Gasteiger partial charge in [0.05, 0.1) is 38.5 Å². The van der Waals surface area contributed by atoms with Crippen molar-refractivity contribution in [1.82, 2.24) is 30.4 Å². The van der Waals surface area contributed by atoms with Crippen LogP contribution in [0.25, 0.3) is 0 Å². The zero-order valence-electron chi connectivity index (χ0n) is 12.6. The first-order valence-corrected chi connectivity index (χ1v) is 7.72. The molecule has 0 radical (unpaired) electrons. The zero-order valence-corrected chi connectivity index (χ0v) is 12.6. The van der Waals surface area contributed by atoms with Gasteiger partial charge in [-0.05, 0) is 16.8 Å². The second kappa shape index (κ2) is 7.61. The van der Waals surface area contributed by atoms with Crippen LogP contribution in [0.1, 0.15) is 12.8 Å². The fourth-order valence-electron chi connectivity index (χ4n) is 2.91. The number of aromatic nitrogens is 4. The van der Waals surface area contributed by atoms with Gasteiger partial charge in [-0.1, -0.05) is 0 Å². The smallest absolute Gasteiger partial charge is 0.220 e. The lowest BCUT2D eigenvalue weighted by Gasteiger charge is -2.34. The van der Waals surface area contributed by atoms with Gasteiger partial charge in [0.1, 0.15) is 6.33 Å². The van der Waals surface area contributed by atoms with Crippen LogP contribution in [0.2, 0.25) is 0 Å². The van der Waals surface area contributed by atoms with Crippen LogP contribution in [-0.4, -0.2) is 82.6 Å². The van der Waals surface area contributed by atoms with Crippen LogP contribution in [0.4, 0.5) is 0 Å². The SMILES string of the molecule is O=C(CCCn1cnnn1)N[C@H]1COC[C@@H]1N1CCOCC1. The summed E-state index contributed by atoms with van der Waals surface area (Å²) in [5, 5.41) is 14.0. The Hall–Kier alpha value is -1.58. The van der Waals surface area contributed by atoms with Crippen molar-refractivity contribution in [2.24, 2.45) is 0 Å². The van der Waals surface area contributed by atoms with Crippen molar-refractivity contribution in [3.05, 3.63) is 6.33 Å². The molecule has 2 saturated heterocycles. The minimum Gasteiger partial charge on any atom is -0.379 e. The van der Waals surface area contributed by atoms with Gasteiger partial charge in [0.25, 0.3) is 0 Å². The summed E-state index contributed by atoms with van der Waals surface area (Å²) in [6, 6.07) is 0.325. The summed E-state index contributed by atoms with van der Waals surface area (Å²) in [6.45, 7) is 5.22. The summed E-state index contributed by atoms with van der Waals surface area (Å²) < 4.78 is 12.6. The molecule has 122 valence electrons. The van der Waals surface area contributed by atoms with Gasteiger partial charge in [0.2, 0.25) is 5.91 Å². The van der Waals surface area contributed by atoms with E-state index in [4.69, 9.17) is 9.47 Å². The van der Waals surface area contributed by atoms with E-state index in [1.807, 2.05) is 0 Å². The predicted molar refractivity (Wildman–Crippen MR) is 76.0 cm³/mol. The number of carbonyl (C=O) groups is 1. The number of hydrogen-bond acceptors (Lipinski definition) is 7. The van der Waals surface area contributed by atoms with Gasteiger partial charge < -0.3 is 14.8 Å². The highest BCUT2D eigenvalue weighted by atomic mass is 16.5. The summed E-state index contributed by atoms with van der Waals surface area (Å²) in [6.07, 6.45) is 2.73. The Balaban J connectivity index is 1.41. The molecule has 2 aliphatic rings. The fraction of sp³-hybridized carbons (Fsp3) is 0.846. The number of tetrazole rings is 1. The summed E-state index contributed by atoms with van der Waals surface area (Å²) in [5.41, 5.74) is 0. The predicted octanol–water partition coefficient (Wildman–Crippen LogP) is -1.33. The summed E-state index contributed by atoms with van der Waals surface area (Å²) >= 11 is 0. The summed E-state index contributed by atoms with van der Waals surface area (Å²) in [4.78, 5) is 14.4. The maximum absolute atomic E-state index is 12.1. The molecule has 0 aromatic carbocycles. The monoisotopic (exact) mass is 310 g/mol. The Morgan fingerprint density at radius 3 is 2.91 bits per heavy atom. The first-order valence-electron chi connectivity index (χ1n) is 7.72. The molecule has 2 aliphatic heterocycles. The van der Waals surface area contributed by atoms with Gasteiger partial charge in [-0.25, -0.2) is 4.68 Å². The number of nitrogens with one attached hydrogen (secondary N) is 1. The van der Waals surface area contributed by atoms with Gasteiger partial charge in [-0.3, -0.25) is 9.69 Å². The number of carbonyl (C=O) groups excluding carboxylic acids is 1. The number of aryl methyl sites for hydroxylation is 1. The Morgan fingerprint density at radius 2 is 2.14 bits per heavy atom. The van der Waals surface area contributed by atoms with Crippen LogP contribution >= 0.6 is 0 Å². The molecule has 1 amide bonds. The van der Waals surface area contributed by atoms with Crippen molar-refractivity contribution in [3.63, 3.8) is 0 Å². The van der Waals surface area contributed by atoms with Gasteiger partial charge in [0.15, 0.2) is 0 Å². The molecule has 1 N–H and O–H groups in total. The molecule has 22 heavy (non-hydrogen) atoms. The first kappa shape index (κ1) is 15.3. The van der Waals surface area contributed by atoms with Crippen LogP contribution in [0.3, 0.4) is 0 Å². The topological polar surface area (TPSA) is 94.4 Å². The standard InChI is InChI=1S/C13H22N6O3/c20-13(2-1-3-19-10-14-16-17-19)15-11-8-22-9-12(11)18-4-6-21-7-5-18/h10-12H,1-9H2,(H,15,20)/t11-,12-/m0/s1. The van der Waals surface area contributed by atoms with Crippen LogP contribution in [-0.2, 0) is 20.8 Å². The molecule has 2 fully saturated rings. The second-order valence-electron chi connectivity index (χ2n) is 5.60. The maximum atomic E-state index is 12.1. The minimum absolute atomic E-state index is 0.0573. The van der Waals surface area contributed by atoms with Crippen molar-refractivity contribution in [1.29, 1.82) is 0 Å². The van der Waals surface area contributed by atoms with Crippen molar-refractivity contribution in [3.8, 4) is 0 Å². The second-order valence-corrected chi connectivity index (χ2v) is 5.60. The molecule has 0 spiro atoms. The number of morpholine rings is 1. The van der Waals surface area contributed by atoms with Crippen molar-refractivity contribution < 1.29 is 14.3 Å². The van der Waals surface area contributed by atoms with Crippen LogP contribution in [0, 0.1) is 0 Å². The molecule has 0 bridgehead atoms. The molecule has 0 unspecified atom stereocenters. The number of ether oxygens (including phenoxy) is 2. The molecule has 1 aromatic rings. The average Bonchev–Trinajstić information content (AvgIpc) is 3.20. The minimum atomic E-state index is 0.0573. The van der Waals surface area contributed by atoms with Crippen molar-refractivity contribution in [2.45, 2.75) is 31.5 Å². The Bertz CT molecular complexity index is 462. The molecule has 2 atom stereocenters. The van der Waals surface area contributed by atoms with E-state index < -0.39 is 0 Å². The van der Waals surface area contributed by atoms with E-state index >= 15 is 0 Å². The quantitative estimate of drug-likeness (QED) is 0.695. The fourth-order valence-corrected chi connectivity index (χ4v) is 2.91. The molecule has 0 aliphatic carbocycles. The first-order chi connectivity index (χ1) is 10.8. The van der Waals surface area contributed by atoms with Crippen LogP contribution < -0.4 is 5.32 Å². The molecular weight excluding hydrogens is 288 g/mol. The van der Waals surface area contributed by atoms with E-state index in [2.05, 4.69) is 25.7 Å². The lowest BCUT2D eigenvalue weighted by molar-refractivity contribution is -0.122. The summed E-state index contributed by atoms with van der Waals surface area (Å²) in [7, 11) is 0. The third-order valence-electron chi connectivity index (χ3n) is 4.09. The highest BCUT2D eigenvalue weighted by Gasteiger charge is 2.34. The van der Waals surface area contributed by atoms with E-state index in [1.54, 1.807) is 11.0 Å². The van der Waals surface area contributed by atoms with E-state index in [-0.39, 0.29) is 18.0 Å². The molecule has 3 heterocycles. The molecule has 0 saturated carbocycles. The van der Waals surface area contributed by atoms with E-state index in [0.29, 0.717) is 32.6 Å². The third-order valence-corrected chi connectivity index (χ3v) is 4.09.